The van der Waals surface area contributed by atoms with E-state index in [1.54, 1.807) is 0 Å². The van der Waals surface area contributed by atoms with Crippen LogP contribution in [0.2, 0.25) is 0 Å². The van der Waals surface area contributed by atoms with Crippen molar-refractivity contribution in [3.05, 3.63) is 60.6 Å². The van der Waals surface area contributed by atoms with Gasteiger partial charge in [-0.25, -0.2) is 0 Å². The molecule has 1 saturated heterocycles. The molecular weight excluding hydrogens is 352 g/mol. The molecule has 0 radical (unpaired) electrons. The molecule has 1 fully saturated rings. The first-order chi connectivity index (χ1) is 13.6. The van der Waals surface area contributed by atoms with Crippen molar-refractivity contribution in [2.75, 3.05) is 13.1 Å². The number of nitrogens with one attached hydrogen (secondary N) is 2. The summed E-state index contributed by atoms with van der Waals surface area (Å²) in [5.41, 5.74) is 2.09. The van der Waals surface area contributed by atoms with Crippen LogP contribution < -0.4 is 5.32 Å². The fourth-order valence-corrected chi connectivity index (χ4v) is 4.16. The lowest BCUT2D eigenvalue weighted by Crippen LogP contribution is -2.51. The van der Waals surface area contributed by atoms with E-state index in [0.717, 1.165) is 29.3 Å². The lowest BCUT2D eigenvalue weighted by atomic mass is 10.0. The normalized spacial score (nSPS) is 16.2. The van der Waals surface area contributed by atoms with Crippen LogP contribution in [0.5, 0.6) is 0 Å². The van der Waals surface area contributed by atoms with Crippen LogP contribution in [0.1, 0.15) is 31.4 Å². The second kappa shape index (κ2) is 7.92. The van der Waals surface area contributed by atoms with E-state index in [1.807, 2.05) is 47.5 Å². The predicted molar refractivity (Wildman–Crippen MR) is 109 cm³/mol. The largest absolute Gasteiger partial charge is 0.361 e. The predicted octanol–water partition coefficient (Wildman–Crippen LogP) is 2.88. The van der Waals surface area contributed by atoms with Crippen molar-refractivity contribution in [3.8, 4) is 0 Å². The van der Waals surface area contributed by atoms with Gasteiger partial charge in [-0.3, -0.25) is 9.59 Å². The Morgan fingerprint density at radius 1 is 1.14 bits per heavy atom. The third kappa shape index (κ3) is 3.81. The molecule has 1 aliphatic heterocycles. The molecule has 6 nitrogen and oxygen atoms in total. The number of benzene rings is 1. The first-order valence-corrected chi connectivity index (χ1v) is 9.85. The van der Waals surface area contributed by atoms with Crippen molar-refractivity contribution in [2.45, 2.75) is 38.3 Å². The number of carbonyl (C=O) groups is 2. The summed E-state index contributed by atoms with van der Waals surface area (Å²) in [7, 11) is 0. The highest BCUT2D eigenvalue weighted by atomic mass is 16.2. The van der Waals surface area contributed by atoms with Gasteiger partial charge in [-0.1, -0.05) is 18.2 Å². The van der Waals surface area contributed by atoms with Crippen molar-refractivity contribution in [1.82, 2.24) is 19.8 Å². The van der Waals surface area contributed by atoms with Crippen LogP contribution >= 0.6 is 0 Å². The Kier molecular flexibility index (Phi) is 5.19. The Balaban J connectivity index is 1.46. The lowest BCUT2D eigenvalue weighted by Gasteiger charge is -2.35. The molecule has 2 N–H and O–H groups in total. The van der Waals surface area contributed by atoms with Gasteiger partial charge >= 0.3 is 0 Å². The van der Waals surface area contributed by atoms with Crippen LogP contribution in [0.3, 0.4) is 0 Å². The molecule has 0 saturated carbocycles. The first kappa shape index (κ1) is 18.3. The van der Waals surface area contributed by atoms with Crippen LogP contribution in [-0.2, 0) is 16.0 Å². The smallest absolute Gasteiger partial charge is 0.245 e. The maximum absolute atomic E-state index is 13.2. The summed E-state index contributed by atoms with van der Waals surface area (Å²) < 4.78 is 2.22. The van der Waals surface area contributed by atoms with Crippen LogP contribution in [0.4, 0.5) is 0 Å². The second-order valence-electron chi connectivity index (χ2n) is 7.50. The number of aromatic nitrogens is 2. The summed E-state index contributed by atoms with van der Waals surface area (Å²) in [5, 5.41) is 3.96. The van der Waals surface area contributed by atoms with E-state index >= 15 is 0 Å². The van der Waals surface area contributed by atoms with Gasteiger partial charge in [-0.15, -0.1) is 0 Å². The number of aromatic amines is 1. The van der Waals surface area contributed by atoms with Crippen molar-refractivity contribution in [2.24, 2.45) is 0 Å². The molecule has 2 aromatic heterocycles. The number of hydrogen-bond donors (Lipinski definition) is 2. The van der Waals surface area contributed by atoms with Gasteiger partial charge < -0.3 is 19.8 Å². The van der Waals surface area contributed by atoms with Crippen LogP contribution in [-0.4, -0.2) is 45.4 Å². The zero-order chi connectivity index (χ0) is 19.5. The first-order valence-electron chi connectivity index (χ1n) is 9.85. The Labute approximate surface area is 164 Å². The Morgan fingerprint density at radius 3 is 2.57 bits per heavy atom. The molecule has 2 amide bonds. The molecule has 6 heteroatoms. The minimum atomic E-state index is -0.542. The van der Waals surface area contributed by atoms with Gasteiger partial charge in [0.05, 0.1) is 0 Å². The van der Waals surface area contributed by atoms with Crippen molar-refractivity contribution in [3.63, 3.8) is 0 Å². The van der Waals surface area contributed by atoms with Gasteiger partial charge in [0.25, 0.3) is 0 Å². The van der Waals surface area contributed by atoms with Crippen LogP contribution in [0.25, 0.3) is 10.9 Å². The zero-order valence-electron chi connectivity index (χ0n) is 16.1. The number of rotatable bonds is 5. The molecule has 1 unspecified atom stereocenters. The molecule has 1 aromatic carbocycles. The van der Waals surface area contributed by atoms with E-state index in [2.05, 4.69) is 27.3 Å². The maximum Gasteiger partial charge on any atom is 0.245 e. The Bertz CT molecular complexity index is 952. The number of likely N-dealkylation sites (tertiary alicyclic amines) is 1. The van der Waals surface area contributed by atoms with E-state index in [9.17, 15) is 9.59 Å². The number of amides is 2. The minimum Gasteiger partial charge on any atom is -0.361 e. The zero-order valence-corrected chi connectivity index (χ0v) is 16.1. The fraction of sp³-hybridized carbons (Fsp3) is 0.364. The van der Waals surface area contributed by atoms with E-state index in [0.29, 0.717) is 25.6 Å². The number of carbonyl (C=O) groups excluding carboxylic acids is 2. The van der Waals surface area contributed by atoms with Gasteiger partial charge in [0.2, 0.25) is 11.8 Å². The molecule has 4 rings (SSSR count). The monoisotopic (exact) mass is 378 g/mol. The summed E-state index contributed by atoms with van der Waals surface area (Å²) in [6.07, 6.45) is 8.45. The van der Waals surface area contributed by atoms with E-state index in [4.69, 9.17) is 0 Å². The molecule has 146 valence electrons. The average Bonchev–Trinajstić information content (AvgIpc) is 3.37. The van der Waals surface area contributed by atoms with Gasteiger partial charge in [0.15, 0.2) is 0 Å². The maximum atomic E-state index is 13.2. The van der Waals surface area contributed by atoms with Crippen molar-refractivity contribution < 1.29 is 9.59 Å². The number of para-hydroxylation sites is 1. The van der Waals surface area contributed by atoms with Crippen LogP contribution in [0, 0.1) is 0 Å². The SMILES string of the molecule is CC(=O)NC(Cc1c[nH]c2ccccc12)C(=O)N1CCC(n2cccc2)CC1. The topological polar surface area (TPSA) is 70.1 Å². The lowest BCUT2D eigenvalue weighted by molar-refractivity contribution is -0.137. The molecule has 28 heavy (non-hydrogen) atoms. The second-order valence-corrected chi connectivity index (χ2v) is 7.50. The number of H-pyrrole nitrogens is 1. The summed E-state index contributed by atoms with van der Waals surface area (Å²) in [5.74, 6) is -0.174. The Hall–Kier alpha value is -3.02. The molecule has 3 heterocycles. The minimum absolute atomic E-state index is 0.00596. The molecule has 3 aromatic rings. The standard InChI is InChI=1S/C22H26N4O2/c1-16(27)24-21(14-17-15-23-20-7-3-2-6-19(17)20)22(28)26-12-8-18(9-13-26)25-10-4-5-11-25/h2-7,10-11,15,18,21,23H,8-9,12-14H2,1H3,(H,24,27). The van der Waals surface area contributed by atoms with E-state index < -0.39 is 6.04 Å². The van der Waals surface area contributed by atoms with Gasteiger partial charge in [-0.2, -0.15) is 0 Å². The molecular formula is C22H26N4O2. The third-order valence-electron chi connectivity index (χ3n) is 5.60. The summed E-state index contributed by atoms with van der Waals surface area (Å²) >= 11 is 0. The number of fused-ring (bicyclic) bond motifs is 1. The van der Waals surface area contributed by atoms with E-state index in [-0.39, 0.29) is 11.8 Å². The Morgan fingerprint density at radius 2 is 1.86 bits per heavy atom. The number of piperidine rings is 1. The van der Waals surface area contributed by atoms with Crippen LogP contribution in [0.15, 0.2) is 55.0 Å². The van der Waals surface area contributed by atoms with Crippen molar-refractivity contribution >= 4 is 22.7 Å². The summed E-state index contributed by atoms with van der Waals surface area (Å²) in [6.45, 7) is 2.89. The highest BCUT2D eigenvalue weighted by Gasteiger charge is 2.29. The molecule has 0 spiro atoms. The summed E-state index contributed by atoms with van der Waals surface area (Å²) in [4.78, 5) is 30.1. The van der Waals surface area contributed by atoms with Gasteiger partial charge in [-0.05, 0) is 36.6 Å². The molecule has 1 atom stereocenters. The third-order valence-corrected chi connectivity index (χ3v) is 5.60. The highest BCUT2D eigenvalue weighted by Crippen LogP contribution is 2.24. The van der Waals surface area contributed by atoms with Gasteiger partial charge in [0, 0.05) is 62.0 Å². The average molecular weight is 378 g/mol. The molecule has 0 bridgehead atoms. The molecule has 1 aliphatic rings. The quantitative estimate of drug-likeness (QED) is 0.717. The van der Waals surface area contributed by atoms with E-state index in [1.165, 1.54) is 6.92 Å². The fourth-order valence-electron chi connectivity index (χ4n) is 4.16. The molecule has 0 aliphatic carbocycles. The number of nitrogens with zero attached hydrogens (tertiary/aromatic N) is 2. The van der Waals surface area contributed by atoms with Crippen molar-refractivity contribution in [1.29, 1.82) is 0 Å². The highest BCUT2D eigenvalue weighted by molar-refractivity contribution is 5.89. The van der Waals surface area contributed by atoms with Gasteiger partial charge in [0.1, 0.15) is 6.04 Å². The number of hydrogen-bond acceptors (Lipinski definition) is 2. The summed E-state index contributed by atoms with van der Waals surface area (Å²) in [6, 6.07) is 12.0.